The minimum Gasteiger partial charge on any atom is -0.469 e. The third kappa shape index (κ3) is 7.47. The van der Waals surface area contributed by atoms with Crippen LogP contribution in [0.1, 0.15) is 25.8 Å². The third-order valence-corrected chi connectivity index (χ3v) is 3.97. The molecule has 0 saturated carbocycles. The van der Waals surface area contributed by atoms with Crippen LogP contribution in [0.3, 0.4) is 0 Å². The van der Waals surface area contributed by atoms with Crippen molar-refractivity contribution in [2.45, 2.75) is 38.8 Å². The second-order valence-electron chi connectivity index (χ2n) is 6.19. The summed E-state index contributed by atoms with van der Waals surface area (Å²) < 4.78 is 9.36. The summed E-state index contributed by atoms with van der Waals surface area (Å²) in [6.45, 7) is 2.89. The van der Waals surface area contributed by atoms with Gasteiger partial charge in [-0.15, -0.1) is 0 Å². The van der Waals surface area contributed by atoms with E-state index in [1.54, 1.807) is 6.92 Å². The third-order valence-electron chi connectivity index (χ3n) is 3.97. The fourth-order valence-corrected chi connectivity index (χ4v) is 2.58. The van der Waals surface area contributed by atoms with Gasteiger partial charge in [-0.05, 0) is 12.0 Å². The lowest BCUT2D eigenvalue weighted by Gasteiger charge is -2.23. The Kier molecular flexibility index (Phi) is 8.98. The number of rotatable bonds is 9. The number of hydrogen-bond donors (Lipinski definition) is 2. The predicted molar refractivity (Wildman–Crippen MR) is 97.5 cm³/mol. The Bertz CT molecular complexity index is 661. The van der Waals surface area contributed by atoms with Gasteiger partial charge >= 0.3 is 11.9 Å². The smallest absolute Gasteiger partial charge is 0.328 e. The van der Waals surface area contributed by atoms with E-state index in [4.69, 9.17) is 4.74 Å². The zero-order chi connectivity index (χ0) is 20.4. The normalized spacial score (nSPS) is 13.6. The molecule has 2 amide bonds. The quantitative estimate of drug-likeness (QED) is 0.609. The van der Waals surface area contributed by atoms with Crippen molar-refractivity contribution in [3.05, 3.63) is 35.9 Å². The highest BCUT2D eigenvalue weighted by Gasteiger charge is 2.30. The second-order valence-corrected chi connectivity index (χ2v) is 6.19. The van der Waals surface area contributed by atoms with Crippen LogP contribution in [-0.4, -0.2) is 50.1 Å². The first-order chi connectivity index (χ1) is 12.8. The van der Waals surface area contributed by atoms with Crippen molar-refractivity contribution < 1.29 is 28.7 Å². The molecule has 2 N–H and O–H groups in total. The van der Waals surface area contributed by atoms with Gasteiger partial charge in [0.1, 0.15) is 12.1 Å². The lowest BCUT2D eigenvalue weighted by Crippen LogP contribution is -2.53. The molecule has 8 heteroatoms. The molecule has 1 aromatic carbocycles. The molecule has 0 radical (unpaired) electrons. The van der Waals surface area contributed by atoms with Gasteiger partial charge in [-0.2, -0.15) is 0 Å². The summed E-state index contributed by atoms with van der Waals surface area (Å²) in [6.07, 6.45) is 0.274. The molecule has 0 aliphatic rings. The Hall–Kier alpha value is -2.90. The van der Waals surface area contributed by atoms with Crippen LogP contribution < -0.4 is 10.6 Å². The number of carbonyl (C=O) groups is 4. The summed E-state index contributed by atoms with van der Waals surface area (Å²) >= 11 is 0. The van der Waals surface area contributed by atoms with E-state index in [2.05, 4.69) is 15.4 Å². The molecule has 0 fully saturated rings. The van der Waals surface area contributed by atoms with Gasteiger partial charge in [0, 0.05) is 13.3 Å². The molecule has 0 bridgehead atoms. The summed E-state index contributed by atoms with van der Waals surface area (Å²) in [7, 11) is 2.44. The van der Waals surface area contributed by atoms with Gasteiger partial charge in [-0.1, -0.05) is 37.3 Å². The van der Waals surface area contributed by atoms with Crippen LogP contribution in [0.2, 0.25) is 0 Å². The molecule has 0 aliphatic carbocycles. The summed E-state index contributed by atoms with van der Waals surface area (Å²) in [6, 6.07) is 7.26. The molecule has 0 saturated heterocycles. The topological polar surface area (TPSA) is 111 Å². The first-order valence-electron chi connectivity index (χ1n) is 8.55. The number of amides is 2. The van der Waals surface area contributed by atoms with Crippen molar-refractivity contribution >= 4 is 23.8 Å². The molecule has 148 valence electrons. The molecule has 1 rings (SSSR count). The zero-order valence-electron chi connectivity index (χ0n) is 16.0. The number of benzene rings is 1. The zero-order valence-corrected chi connectivity index (χ0v) is 16.0. The number of esters is 2. The van der Waals surface area contributed by atoms with Crippen LogP contribution in [0.4, 0.5) is 0 Å². The van der Waals surface area contributed by atoms with E-state index in [-0.39, 0.29) is 18.7 Å². The maximum absolute atomic E-state index is 12.7. The van der Waals surface area contributed by atoms with Crippen LogP contribution >= 0.6 is 0 Å². The van der Waals surface area contributed by atoms with E-state index in [0.717, 1.165) is 5.56 Å². The Balaban J connectivity index is 2.91. The van der Waals surface area contributed by atoms with Gasteiger partial charge in [0.15, 0.2) is 0 Å². The Labute approximate surface area is 158 Å². The minimum atomic E-state index is -1.04. The van der Waals surface area contributed by atoms with Gasteiger partial charge in [-0.3, -0.25) is 14.4 Å². The number of hydrogen-bond acceptors (Lipinski definition) is 6. The van der Waals surface area contributed by atoms with Crippen LogP contribution in [0.15, 0.2) is 30.3 Å². The highest BCUT2D eigenvalue weighted by atomic mass is 16.5. The lowest BCUT2D eigenvalue weighted by molar-refractivity contribution is -0.149. The summed E-state index contributed by atoms with van der Waals surface area (Å²) in [5.74, 6) is -2.71. The van der Waals surface area contributed by atoms with Gasteiger partial charge < -0.3 is 20.1 Å². The standard InChI is InChI=1S/C19H26N2O6/c1-12(18(24)26-3)10-16(19(25)27-4)21-17(23)15(20-13(2)22)11-14-8-6-5-7-9-14/h5-9,12,15-16H,10-11H2,1-4H3,(H,20,22)(H,21,23)/t12-,15+,16+/m1/s1. The highest BCUT2D eigenvalue weighted by Crippen LogP contribution is 2.11. The Morgan fingerprint density at radius 1 is 0.926 bits per heavy atom. The molecule has 3 atom stereocenters. The molecular weight excluding hydrogens is 352 g/mol. The van der Waals surface area contributed by atoms with Crippen LogP contribution in [0.25, 0.3) is 0 Å². The average Bonchev–Trinajstić information content (AvgIpc) is 2.65. The van der Waals surface area contributed by atoms with Crippen molar-refractivity contribution in [1.29, 1.82) is 0 Å². The molecule has 0 heterocycles. The molecule has 0 aromatic heterocycles. The molecule has 1 aromatic rings. The fourth-order valence-electron chi connectivity index (χ4n) is 2.58. The first-order valence-corrected chi connectivity index (χ1v) is 8.55. The van der Waals surface area contributed by atoms with E-state index in [9.17, 15) is 19.2 Å². The maximum Gasteiger partial charge on any atom is 0.328 e. The van der Waals surface area contributed by atoms with Crippen molar-refractivity contribution in [2.75, 3.05) is 14.2 Å². The SMILES string of the molecule is COC(=O)[C@H](C)C[C@H](NC(=O)[C@H](Cc1ccccc1)NC(C)=O)C(=O)OC. The Morgan fingerprint density at radius 2 is 1.52 bits per heavy atom. The summed E-state index contributed by atoms with van der Waals surface area (Å²) in [4.78, 5) is 47.8. The van der Waals surface area contributed by atoms with Crippen molar-refractivity contribution in [2.24, 2.45) is 5.92 Å². The van der Waals surface area contributed by atoms with Crippen LogP contribution in [-0.2, 0) is 35.1 Å². The van der Waals surface area contributed by atoms with Crippen LogP contribution in [0, 0.1) is 5.92 Å². The molecule has 8 nitrogen and oxygen atoms in total. The molecule has 0 aliphatic heterocycles. The van der Waals surface area contributed by atoms with E-state index >= 15 is 0 Å². The maximum atomic E-state index is 12.7. The van der Waals surface area contributed by atoms with Gasteiger partial charge in [-0.25, -0.2) is 4.79 Å². The van der Waals surface area contributed by atoms with Crippen LogP contribution in [0.5, 0.6) is 0 Å². The monoisotopic (exact) mass is 378 g/mol. The summed E-state index contributed by atoms with van der Waals surface area (Å²) in [5, 5.41) is 5.15. The molecule has 0 spiro atoms. The van der Waals surface area contributed by atoms with Gasteiger partial charge in [0.2, 0.25) is 11.8 Å². The fraction of sp³-hybridized carbons (Fsp3) is 0.474. The van der Waals surface area contributed by atoms with Crippen molar-refractivity contribution in [1.82, 2.24) is 10.6 Å². The number of carbonyl (C=O) groups excluding carboxylic acids is 4. The van der Waals surface area contributed by atoms with Gasteiger partial charge in [0.25, 0.3) is 0 Å². The van der Waals surface area contributed by atoms with E-state index in [0.29, 0.717) is 0 Å². The molecule has 27 heavy (non-hydrogen) atoms. The Morgan fingerprint density at radius 3 is 2.04 bits per heavy atom. The summed E-state index contributed by atoms with van der Waals surface area (Å²) in [5.41, 5.74) is 0.851. The highest BCUT2D eigenvalue weighted by molar-refractivity contribution is 5.90. The number of nitrogens with one attached hydrogen (secondary N) is 2. The van der Waals surface area contributed by atoms with E-state index < -0.39 is 35.8 Å². The molecular formula is C19H26N2O6. The van der Waals surface area contributed by atoms with Crippen molar-refractivity contribution in [3.63, 3.8) is 0 Å². The predicted octanol–water partition coefficient (Wildman–Crippen LogP) is 0.591. The number of methoxy groups -OCH3 is 2. The first kappa shape index (κ1) is 22.1. The molecule has 0 unspecified atom stereocenters. The number of ether oxygens (including phenoxy) is 2. The minimum absolute atomic E-state index is 0.0171. The van der Waals surface area contributed by atoms with E-state index in [1.165, 1.54) is 21.1 Å². The second kappa shape index (κ2) is 10.9. The van der Waals surface area contributed by atoms with Gasteiger partial charge in [0.05, 0.1) is 20.1 Å². The van der Waals surface area contributed by atoms with Crippen molar-refractivity contribution in [3.8, 4) is 0 Å². The largest absolute Gasteiger partial charge is 0.469 e. The average molecular weight is 378 g/mol. The lowest BCUT2D eigenvalue weighted by atomic mass is 10.0. The van der Waals surface area contributed by atoms with E-state index in [1.807, 2.05) is 30.3 Å².